The molecule has 0 saturated carbocycles. The largest absolute Gasteiger partial charge is 0.493 e. The van der Waals surface area contributed by atoms with Crippen LogP contribution in [0.3, 0.4) is 0 Å². The molecule has 6 nitrogen and oxygen atoms in total. The number of hydrogen-bond acceptors (Lipinski definition) is 5. The highest BCUT2D eigenvalue weighted by Gasteiger charge is 2.21. The summed E-state index contributed by atoms with van der Waals surface area (Å²) in [5.74, 6) is 3.21. The first-order valence-corrected chi connectivity index (χ1v) is 9.07. The molecule has 4 rings (SSSR count). The lowest BCUT2D eigenvalue weighted by Crippen LogP contribution is -2.36. The molecule has 1 aliphatic rings. The molecule has 1 fully saturated rings. The van der Waals surface area contributed by atoms with Crippen LogP contribution in [0.1, 0.15) is 18.5 Å². The molecule has 0 spiro atoms. The van der Waals surface area contributed by atoms with E-state index in [1.165, 1.54) is 0 Å². The van der Waals surface area contributed by atoms with Crippen molar-refractivity contribution >= 4 is 5.82 Å². The molecule has 0 unspecified atom stereocenters. The van der Waals surface area contributed by atoms with Gasteiger partial charge in [0, 0.05) is 19.3 Å². The van der Waals surface area contributed by atoms with E-state index in [0.717, 1.165) is 55.6 Å². The summed E-state index contributed by atoms with van der Waals surface area (Å²) in [5, 5.41) is 13.1. The molecule has 6 heteroatoms. The minimum absolute atomic E-state index is 0.589. The number of anilines is 1. The third-order valence-electron chi connectivity index (χ3n) is 4.76. The van der Waals surface area contributed by atoms with Crippen LogP contribution in [0.4, 0.5) is 5.82 Å². The predicted octanol–water partition coefficient (Wildman–Crippen LogP) is 3.27. The van der Waals surface area contributed by atoms with Crippen LogP contribution in [0.15, 0.2) is 54.7 Å². The van der Waals surface area contributed by atoms with Crippen molar-refractivity contribution in [3.8, 4) is 11.6 Å². The first kappa shape index (κ1) is 16.6. The molecule has 134 valence electrons. The number of benzene rings is 1. The Kier molecular flexibility index (Phi) is 4.82. The molecule has 3 heterocycles. The van der Waals surface area contributed by atoms with Crippen molar-refractivity contribution < 1.29 is 4.74 Å². The molecule has 0 amide bonds. The summed E-state index contributed by atoms with van der Waals surface area (Å²) >= 11 is 0. The van der Waals surface area contributed by atoms with E-state index < -0.39 is 0 Å². The van der Waals surface area contributed by atoms with E-state index in [0.29, 0.717) is 5.92 Å². The fraction of sp³-hybridized carbons (Fsp3) is 0.350. The first-order chi connectivity index (χ1) is 12.8. The number of rotatable bonds is 5. The quantitative estimate of drug-likeness (QED) is 0.708. The van der Waals surface area contributed by atoms with Crippen molar-refractivity contribution in [2.75, 3.05) is 24.6 Å². The highest BCUT2D eigenvalue weighted by atomic mass is 16.5. The van der Waals surface area contributed by atoms with E-state index in [1.54, 1.807) is 4.68 Å². The monoisotopic (exact) mass is 349 g/mol. The summed E-state index contributed by atoms with van der Waals surface area (Å²) < 4.78 is 7.65. The number of nitrogens with zero attached hydrogens (tertiary/aromatic N) is 5. The van der Waals surface area contributed by atoms with Crippen LogP contribution in [0.25, 0.3) is 5.82 Å². The molecule has 0 atom stereocenters. The van der Waals surface area contributed by atoms with Crippen LogP contribution < -0.4 is 9.64 Å². The molecule has 26 heavy (non-hydrogen) atoms. The number of hydrogen-bond donors (Lipinski definition) is 0. The highest BCUT2D eigenvalue weighted by Crippen LogP contribution is 2.23. The molecule has 1 saturated heterocycles. The average molecular weight is 349 g/mol. The second kappa shape index (κ2) is 7.56. The molecule has 0 bridgehead atoms. The van der Waals surface area contributed by atoms with E-state index in [4.69, 9.17) is 4.74 Å². The highest BCUT2D eigenvalue weighted by molar-refractivity contribution is 5.40. The van der Waals surface area contributed by atoms with Crippen molar-refractivity contribution in [1.29, 1.82) is 0 Å². The van der Waals surface area contributed by atoms with Gasteiger partial charge in [0.05, 0.1) is 12.3 Å². The summed E-state index contributed by atoms with van der Waals surface area (Å²) in [6, 6.07) is 16.0. The van der Waals surface area contributed by atoms with Crippen molar-refractivity contribution in [2.45, 2.75) is 19.8 Å². The Morgan fingerprint density at radius 3 is 2.35 bits per heavy atom. The number of aromatic nitrogens is 4. The zero-order chi connectivity index (χ0) is 17.8. The van der Waals surface area contributed by atoms with Gasteiger partial charge in [0.1, 0.15) is 5.75 Å². The fourth-order valence-electron chi connectivity index (χ4n) is 3.21. The Labute approximate surface area is 153 Å². The second-order valence-electron chi connectivity index (χ2n) is 6.71. The zero-order valence-corrected chi connectivity index (χ0v) is 15.0. The van der Waals surface area contributed by atoms with Gasteiger partial charge >= 0.3 is 0 Å². The van der Waals surface area contributed by atoms with Gasteiger partial charge in [-0.1, -0.05) is 18.2 Å². The fourth-order valence-corrected chi connectivity index (χ4v) is 3.21. The maximum Gasteiger partial charge on any atom is 0.175 e. The third-order valence-corrected chi connectivity index (χ3v) is 4.76. The van der Waals surface area contributed by atoms with Gasteiger partial charge < -0.3 is 9.64 Å². The molecule has 1 aliphatic heterocycles. The van der Waals surface area contributed by atoms with E-state index in [9.17, 15) is 0 Å². The van der Waals surface area contributed by atoms with Gasteiger partial charge in [-0.05, 0) is 56.0 Å². The SMILES string of the molecule is Cc1ccn(-c2ccc(N3CCC(COc4ccccc4)CC3)nn2)n1. The zero-order valence-electron chi connectivity index (χ0n) is 15.0. The lowest BCUT2D eigenvalue weighted by molar-refractivity contribution is 0.222. The Morgan fingerprint density at radius 1 is 0.962 bits per heavy atom. The molecule has 2 aromatic heterocycles. The Bertz CT molecular complexity index is 823. The molecule has 0 radical (unpaired) electrons. The predicted molar refractivity (Wildman–Crippen MR) is 101 cm³/mol. The lowest BCUT2D eigenvalue weighted by atomic mass is 9.98. The normalized spacial score (nSPS) is 15.2. The van der Waals surface area contributed by atoms with Gasteiger partial charge in [-0.25, -0.2) is 4.68 Å². The van der Waals surface area contributed by atoms with Gasteiger partial charge in [0.2, 0.25) is 0 Å². The van der Waals surface area contributed by atoms with Crippen LogP contribution >= 0.6 is 0 Å². The average Bonchev–Trinajstić information content (AvgIpc) is 3.14. The lowest BCUT2D eigenvalue weighted by Gasteiger charge is -2.32. The minimum Gasteiger partial charge on any atom is -0.493 e. The summed E-state index contributed by atoms with van der Waals surface area (Å²) in [6.45, 7) is 4.71. The maximum absolute atomic E-state index is 5.90. The summed E-state index contributed by atoms with van der Waals surface area (Å²) in [5.41, 5.74) is 0.968. The summed E-state index contributed by atoms with van der Waals surface area (Å²) in [7, 11) is 0. The molecule has 3 aromatic rings. The topological polar surface area (TPSA) is 56.1 Å². The number of aryl methyl sites for hydroxylation is 1. The van der Waals surface area contributed by atoms with Crippen LogP contribution in [0.5, 0.6) is 5.75 Å². The van der Waals surface area contributed by atoms with Gasteiger partial charge in [0.15, 0.2) is 11.6 Å². The Hall–Kier alpha value is -2.89. The molecule has 0 aliphatic carbocycles. The molecule has 1 aromatic carbocycles. The summed E-state index contributed by atoms with van der Waals surface area (Å²) in [6.07, 6.45) is 4.11. The van der Waals surface area contributed by atoms with Gasteiger partial charge in [-0.15, -0.1) is 10.2 Å². The minimum atomic E-state index is 0.589. The van der Waals surface area contributed by atoms with E-state index >= 15 is 0 Å². The Balaban J connectivity index is 1.30. The maximum atomic E-state index is 5.90. The van der Waals surface area contributed by atoms with E-state index in [-0.39, 0.29) is 0 Å². The summed E-state index contributed by atoms with van der Waals surface area (Å²) in [4.78, 5) is 2.30. The van der Waals surface area contributed by atoms with Crippen molar-refractivity contribution in [3.63, 3.8) is 0 Å². The third kappa shape index (κ3) is 3.85. The Morgan fingerprint density at radius 2 is 1.69 bits per heavy atom. The number of ether oxygens (including phenoxy) is 1. The smallest absolute Gasteiger partial charge is 0.175 e. The van der Waals surface area contributed by atoms with E-state index in [1.807, 2.05) is 61.7 Å². The van der Waals surface area contributed by atoms with Crippen molar-refractivity contribution in [3.05, 3.63) is 60.4 Å². The number of piperidine rings is 1. The molecular formula is C20H23N5O. The molecular weight excluding hydrogens is 326 g/mol. The van der Waals surface area contributed by atoms with Gasteiger partial charge in [-0.3, -0.25) is 0 Å². The van der Waals surface area contributed by atoms with Gasteiger partial charge in [0.25, 0.3) is 0 Å². The van der Waals surface area contributed by atoms with E-state index in [2.05, 4.69) is 20.2 Å². The standard InChI is InChI=1S/C20H23N5O/c1-16-9-14-25(23-16)20-8-7-19(21-22-20)24-12-10-17(11-13-24)15-26-18-5-3-2-4-6-18/h2-9,14,17H,10-13,15H2,1H3. The van der Waals surface area contributed by atoms with Crippen LogP contribution in [-0.2, 0) is 0 Å². The van der Waals surface area contributed by atoms with Gasteiger partial charge in [-0.2, -0.15) is 5.10 Å². The van der Waals surface area contributed by atoms with Crippen LogP contribution in [0, 0.1) is 12.8 Å². The van der Waals surface area contributed by atoms with Crippen LogP contribution in [-0.4, -0.2) is 39.7 Å². The van der Waals surface area contributed by atoms with Crippen molar-refractivity contribution in [2.24, 2.45) is 5.92 Å². The number of para-hydroxylation sites is 1. The molecule has 0 N–H and O–H groups in total. The van der Waals surface area contributed by atoms with Crippen LogP contribution in [0.2, 0.25) is 0 Å². The second-order valence-corrected chi connectivity index (χ2v) is 6.71. The first-order valence-electron chi connectivity index (χ1n) is 9.07. The van der Waals surface area contributed by atoms with Crippen molar-refractivity contribution in [1.82, 2.24) is 20.0 Å².